The second kappa shape index (κ2) is 19.1. The van der Waals surface area contributed by atoms with Crippen LogP contribution in [0.2, 0.25) is 0 Å². The first kappa shape index (κ1) is 44.2. The lowest BCUT2D eigenvalue weighted by atomic mass is 9.96. The van der Waals surface area contributed by atoms with Gasteiger partial charge in [-0.3, -0.25) is 9.59 Å². The minimum Gasteiger partial charge on any atom is -0.489 e. The van der Waals surface area contributed by atoms with Crippen LogP contribution >= 0.6 is 0 Å². The van der Waals surface area contributed by atoms with E-state index in [0.29, 0.717) is 85.6 Å². The minimum atomic E-state index is -0.742. The molecule has 64 heavy (non-hydrogen) atoms. The topological polar surface area (TPSA) is 212 Å². The molecular formula is C46H58N8O10. The molecule has 18 nitrogen and oxygen atoms in total. The molecule has 342 valence electrons. The smallest absolute Gasteiger partial charge is 0.407 e. The van der Waals surface area contributed by atoms with Gasteiger partial charge in [-0.25, -0.2) is 19.6 Å². The Bertz CT molecular complexity index is 2360. The predicted molar refractivity (Wildman–Crippen MR) is 234 cm³/mol. The van der Waals surface area contributed by atoms with E-state index in [9.17, 15) is 19.2 Å². The Morgan fingerprint density at radius 3 is 1.36 bits per heavy atom. The van der Waals surface area contributed by atoms with Crippen molar-refractivity contribution in [1.29, 1.82) is 0 Å². The van der Waals surface area contributed by atoms with E-state index in [1.807, 2.05) is 52.0 Å². The molecule has 6 heterocycles. The van der Waals surface area contributed by atoms with Gasteiger partial charge in [-0.1, -0.05) is 27.7 Å². The third-order valence-electron chi connectivity index (χ3n) is 12.4. The molecule has 2 aromatic carbocycles. The standard InChI is InChI=1S/C46H58N8O10/c1-25(2)35(51-45(57)59-5)43(55)53-17-9-11-33(53)41-47-23-31(49-41)29-15-13-27(37-39(29)62-20-8-7-19-61-37)28-14-16-30(40-38(28)63-21-22-64-40)32-24-48-42(50-32)34-12-10-18-54(34)44(56)36(26(3)4)52-46(58)60-6/h13-16,23-26,33-36H,7-12,17-22H2,1-6H3,(H,47,49)(H,48,50)(H,51,57)(H,52,58)/t33-,34-,35-,36-/m0/s1. The number of imidazole rings is 2. The van der Waals surface area contributed by atoms with E-state index in [1.165, 1.54) is 14.2 Å². The summed E-state index contributed by atoms with van der Waals surface area (Å²) >= 11 is 0. The van der Waals surface area contributed by atoms with Crippen molar-refractivity contribution >= 4 is 24.0 Å². The molecule has 0 aliphatic carbocycles. The molecule has 4 amide bonds. The van der Waals surface area contributed by atoms with Crippen molar-refractivity contribution in [3.05, 3.63) is 48.3 Å². The number of amides is 4. The van der Waals surface area contributed by atoms with Gasteiger partial charge in [0.1, 0.15) is 36.9 Å². The summed E-state index contributed by atoms with van der Waals surface area (Å²) in [6.07, 6.45) is 6.86. The number of hydrogen-bond acceptors (Lipinski definition) is 12. The van der Waals surface area contributed by atoms with Gasteiger partial charge in [-0.2, -0.15) is 0 Å². The van der Waals surface area contributed by atoms with Gasteiger partial charge in [0.25, 0.3) is 0 Å². The predicted octanol–water partition coefficient (Wildman–Crippen LogP) is 6.54. The number of likely N-dealkylation sites (tertiary alicyclic amines) is 2. The lowest BCUT2D eigenvalue weighted by Crippen LogP contribution is -2.51. The summed E-state index contributed by atoms with van der Waals surface area (Å²) in [6, 6.07) is 5.83. The second-order valence-corrected chi connectivity index (χ2v) is 17.2. The Balaban J connectivity index is 1.09. The maximum absolute atomic E-state index is 13.8. The molecule has 0 unspecified atom stereocenters. The monoisotopic (exact) mass is 882 g/mol. The molecule has 2 fully saturated rings. The zero-order valence-corrected chi connectivity index (χ0v) is 37.3. The number of H-pyrrole nitrogens is 2. The number of alkyl carbamates (subject to hydrolysis) is 2. The molecule has 4 atom stereocenters. The average molecular weight is 883 g/mol. The average Bonchev–Trinajstić information content (AvgIpc) is 4.14. The van der Waals surface area contributed by atoms with E-state index in [4.69, 9.17) is 38.4 Å². The van der Waals surface area contributed by atoms with Gasteiger partial charge >= 0.3 is 12.2 Å². The molecule has 4 aliphatic heterocycles. The van der Waals surface area contributed by atoms with Crippen LogP contribution in [0.15, 0.2) is 36.7 Å². The van der Waals surface area contributed by atoms with Gasteiger partial charge in [0.15, 0.2) is 23.0 Å². The first-order valence-corrected chi connectivity index (χ1v) is 22.2. The number of methoxy groups -OCH3 is 2. The van der Waals surface area contributed by atoms with Crippen LogP contribution in [-0.4, -0.2) is 120 Å². The third kappa shape index (κ3) is 8.73. The van der Waals surface area contributed by atoms with Gasteiger partial charge < -0.3 is 58.8 Å². The normalized spacial score (nSPS) is 19.2. The summed E-state index contributed by atoms with van der Waals surface area (Å²) in [5.74, 6) is 2.87. The van der Waals surface area contributed by atoms with Crippen LogP contribution in [0.1, 0.15) is 90.0 Å². The highest BCUT2D eigenvalue weighted by Crippen LogP contribution is 2.52. The molecule has 8 rings (SSSR count). The zero-order valence-electron chi connectivity index (χ0n) is 37.3. The number of nitrogens with zero attached hydrogens (tertiary/aromatic N) is 4. The SMILES string of the molecule is COC(=O)N[C@H](C(=O)N1CCC[C@H]1c1ncc(-c2ccc(-c3ccc(-c4cnc([C@@H]5CCCN5C(=O)[C@@H](NC(=O)OC)C(C)C)[nH]4)c4c3OCCO4)c3c2OCCCCO3)[nH]1)C(C)C. The van der Waals surface area contributed by atoms with Gasteiger partial charge in [-0.15, -0.1) is 0 Å². The fourth-order valence-electron chi connectivity index (χ4n) is 9.06. The van der Waals surface area contributed by atoms with Crippen LogP contribution in [0.4, 0.5) is 9.59 Å². The maximum atomic E-state index is 13.8. The van der Waals surface area contributed by atoms with E-state index in [2.05, 4.69) is 20.6 Å². The van der Waals surface area contributed by atoms with E-state index in [-0.39, 0.29) is 35.7 Å². The largest absolute Gasteiger partial charge is 0.489 e. The van der Waals surface area contributed by atoms with Crippen molar-refractivity contribution in [3.63, 3.8) is 0 Å². The Morgan fingerprint density at radius 2 is 0.969 bits per heavy atom. The number of carbonyl (C=O) groups excluding carboxylic acids is 4. The number of aromatic amines is 2. The minimum absolute atomic E-state index is 0.150. The Kier molecular flexibility index (Phi) is 13.2. The van der Waals surface area contributed by atoms with Crippen LogP contribution in [0.25, 0.3) is 33.6 Å². The van der Waals surface area contributed by atoms with Crippen LogP contribution < -0.4 is 29.6 Å². The molecule has 4 aromatic rings. The Labute approximate surface area is 372 Å². The molecule has 18 heteroatoms. The molecular weight excluding hydrogens is 825 g/mol. The highest BCUT2D eigenvalue weighted by molar-refractivity contribution is 5.90. The summed E-state index contributed by atoms with van der Waals surface area (Å²) in [4.78, 5) is 71.9. The number of hydrogen-bond donors (Lipinski definition) is 4. The zero-order chi connectivity index (χ0) is 45.1. The van der Waals surface area contributed by atoms with Crippen LogP contribution in [0.3, 0.4) is 0 Å². The number of aromatic nitrogens is 4. The Hall–Kier alpha value is -6.46. The number of nitrogens with one attached hydrogen (secondary N) is 4. The lowest BCUT2D eigenvalue weighted by molar-refractivity contribution is -0.136. The van der Waals surface area contributed by atoms with Crippen molar-refractivity contribution in [2.75, 3.05) is 53.7 Å². The second-order valence-electron chi connectivity index (χ2n) is 17.2. The van der Waals surface area contributed by atoms with Crippen LogP contribution in [0, 0.1) is 11.8 Å². The highest BCUT2D eigenvalue weighted by atomic mass is 16.6. The highest BCUT2D eigenvalue weighted by Gasteiger charge is 2.40. The first-order valence-electron chi connectivity index (χ1n) is 22.2. The fraction of sp³-hybridized carbons (Fsp3) is 0.522. The molecule has 4 aliphatic rings. The van der Waals surface area contributed by atoms with Crippen molar-refractivity contribution in [1.82, 2.24) is 40.4 Å². The number of ether oxygens (including phenoxy) is 6. The van der Waals surface area contributed by atoms with Gasteiger partial charge in [0.05, 0.1) is 63.3 Å². The van der Waals surface area contributed by atoms with Gasteiger partial charge in [0.2, 0.25) is 11.8 Å². The number of rotatable bonds is 11. The summed E-state index contributed by atoms with van der Waals surface area (Å²) in [6.45, 7) is 10.3. The summed E-state index contributed by atoms with van der Waals surface area (Å²) in [7, 11) is 2.56. The molecule has 0 radical (unpaired) electrons. The first-order chi connectivity index (χ1) is 31.0. The molecule has 2 aromatic heterocycles. The number of fused-ring (bicyclic) bond motifs is 2. The van der Waals surface area contributed by atoms with Crippen molar-refractivity contribution in [2.45, 2.75) is 90.4 Å². The number of carbonyl (C=O) groups is 4. The van der Waals surface area contributed by atoms with Crippen LogP contribution in [0.5, 0.6) is 23.0 Å². The number of benzene rings is 2. The molecule has 0 spiro atoms. The maximum Gasteiger partial charge on any atom is 0.407 e. The lowest BCUT2D eigenvalue weighted by Gasteiger charge is -2.30. The van der Waals surface area contributed by atoms with Gasteiger partial charge in [0, 0.05) is 35.3 Å². The molecule has 0 saturated carbocycles. The van der Waals surface area contributed by atoms with Crippen LogP contribution in [-0.2, 0) is 19.1 Å². The third-order valence-corrected chi connectivity index (χ3v) is 12.4. The van der Waals surface area contributed by atoms with E-state index in [0.717, 1.165) is 60.8 Å². The van der Waals surface area contributed by atoms with E-state index >= 15 is 0 Å². The van der Waals surface area contributed by atoms with Crippen molar-refractivity contribution in [3.8, 4) is 56.6 Å². The molecule has 0 bridgehead atoms. The molecule has 2 saturated heterocycles. The van der Waals surface area contributed by atoms with Crippen molar-refractivity contribution < 1.29 is 47.6 Å². The van der Waals surface area contributed by atoms with Gasteiger partial charge in [-0.05, 0) is 74.6 Å². The summed E-state index contributed by atoms with van der Waals surface area (Å²) < 4.78 is 35.4. The fourth-order valence-corrected chi connectivity index (χ4v) is 9.06. The van der Waals surface area contributed by atoms with Crippen molar-refractivity contribution in [2.24, 2.45) is 11.8 Å². The van der Waals surface area contributed by atoms with E-state index in [1.54, 1.807) is 22.2 Å². The summed E-state index contributed by atoms with van der Waals surface area (Å²) in [5.41, 5.74) is 4.46. The van der Waals surface area contributed by atoms with E-state index < -0.39 is 24.3 Å². The molecule has 4 N–H and O–H groups in total. The Morgan fingerprint density at radius 1 is 0.594 bits per heavy atom. The quantitative estimate of drug-likeness (QED) is 0.126. The summed E-state index contributed by atoms with van der Waals surface area (Å²) in [5, 5.41) is 5.41.